The monoisotopic (exact) mass is 877 g/mol. The summed E-state index contributed by atoms with van der Waals surface area (Å²) in [5.74, 6) is -0.0816. The zero-order chi connectivity index (χ0) is 45.2. The maximum Gasteiger partial charge on any atom is 0.306 e. The van der Waals surface area contributed by atoms with Crippen molar-refractivity contribution in [1.82, 2.24) is 0 Å². The van der Waals surface area contributed by atoms with Crippen LogP contribution in [0.3, 0.4) is 0 Å². The molecule has 0 aromatic rings. The molecule has 0 radical (unpaired) electrons. The van der Waals surface area contributed by atoms with E-state index in [2.05, 4.69) is 27.7 Å². The van der Waals surface area contributed by atoms with Crippen molar-refractivity contribution in [3.63, 3.8) is 0 Å². The van der Waals surface area contributed by atoms with Crippen LogP contribution in [0.25, 0.3) is 0 Å². The summed E-state index contributed by atoms with van der Waals surface area (Å²) in [7, 11) is 0. The molecule has 1 atom stereocenters. The van der Waals surface area contributed by atoms with Crippen LogP contribution in [0.15, 0.2) is 0 Å². The summed E-state index contributed by atoms with van der Waals surface area (Å²) in [6.45, 7) is 8.98. The zero-order valence-corrected chi connectivity index (χ0v) is 42.3. The van der Waals surface area contributed by atoms with E-state index in [1.165, 1.54) is 212 Å². The maximum absolute atomic E-state index is 12.8. The van der Waals surface area contributed by atoms with E-state index in [0.29, 0.717) is 19.3 Å². The highest BCUT2D eigenvalue weighted by Crippen LogP contribution is 2.18. The molecular weight excluding hydrogens is 769 g/mol. The van der Waals surface area contributed by atoms with Crippen LogP contribution in [0.1, 0.15) is 317 Å². The molecule has 62 heavy (non-hydrogen) atoms. The van der Waals surface area contributed by atoms with Gasteiger partial charge in [-0.05, 0) is 25.2 Å². The predicted molar refractivity (Wildman–Crippen MR) is 266 cm³/mol. The molecule has 0 rings (SSSR count). The minimum absolute atomic E-state index is 0.0632. The number of esters is 3. The Labute approximate surface area is 387 Å². The van der Waals surface area contributed by atoms with E-state index < -0.39 is 6.10 Å². The quantitative estimate of drug-likeness (QED) is 0.0344. The Morgan fingerprint density at radius 2 is 0.532 bits per heavy atom. The molecule has 0 aromatic carbocycles. The van der Waals surface area contributed by atoms with Gasteiger partial charge in [-0.2, -0.15) is 0 Å². The van der Waals surface area contributed by atoms with Gasteiger partial charge in [-0.1, -0.05) is 278 Å². The standard InChI is InChI=1S/C56H108O6/c1-5-7-9-11-13-15-17-19-21-23-24-25-27-28-30-32-34-39-43-47-54(57)60-50-53(51-61-55(58)48-44-40-37-36-38-42-46-52(3)4)62-56(59)49-45-41-35-33-31-29-26-22-20-18-16-14-12-10-8-6-2/h52-53H,5-51H2,1-4H3/t53-/m0/s1. The van der Waals surface area contributed by atoms with E-state index in [1.807, 2.05) is 0 Å². The molecule has 368 valence electrons. The molecule has 6 nitrogen and oxygen atoms in total. The number of unbranched alkanes of at least 4 members (excludes halogenated alkanes) is 38. The van der Waals surface area contributed by atoms with Gasteiger partial charge in [-0.25, -0.2) is 0 Å². The van der Waals surface area contributed by atoms with Crippen LogP contribution in [-0.2, 0) is 28.6 Å². The molecule has 0 fully saturated rings. The highest BCUT2D eigenvalue weighted by molar-refractivity contribution is 5.71. The molecule has 0 heterocycles. The van der Waals surface area contributed by atoms with Crippen molar-refractivity contribution in [2.75, 3.05) is 13.2 Å². The van der Waals surface area contributed by atoms with Crippen molar-refractivity contribution in [1.29, 1.82) is 0 Å². The average molecular weight is 877 g/mol. The number of hydrogen-bond acceptors (Lipinski definition) is 6. The number of ether oxygens (including phenoxy) is 3. The van der Waals surface area contributed by atoms with Crippen LogP contribution in [0.4, 0.5) is 0 Å². The molecule has 0 saturated carbocycles. The first kappa shape index (κ1) is 60.4. The SMILES string of the molecule is CCCCCCCCCCCCCCCCCCCCCC(=O)OC[C@@H](COC(=O)CCCCCCCCC(C)C)OC(=O)CCCCCCCCCCCCCCCCCC. The van der Waals surface area contributed by atoms with Gasteiger partial charge in [0.25, 0.3) is 0 Å². The summed E-state index contributed by atoms with van der Waals surface area (Å²) in [5, 5.41) is 0. The Kier molecular flexibility index (Phi) is 49.1. The van der Waals surface area contributed by atoms with E-state index in [4.69, 9.17) is 14.2 Å². The first-order valence-electron chi connectivity index (χ1n) is 27.9. The molecule has 0 aliphatic heterocycles. The van der Waals surface area contributed by atoms with Crippen LogP contribution in [0.2, 0.25) is 0 Å². The van der Waals surface area contributed by atoms with Gasteiger partial charge < -0.3 is 14.2 Å². The van der Waals surface area contributed by atoms with Crippen LogP contribution in [0.5, 0.6) is 0 Å². The second kappa shape index (κ2) is 50.4. The fraction of sp³-hybridized carbons (Fsp3) is 0.946. The Bertz CT molecular complexity index is 933. The normalized spacial score (nSPS) is 12.0. The van der Waals surface area contributed by atoms with Crippen molar-refractivity contribution in [3.8, 4) is 0 Å². The third-order valence-corrected chi connectivity index (χ3v) is 12.8. The molecule has 0 aromatic heterocycles. The Morgan fingerprint density at radius 3 is 0.790 bits per heavy atom. The third kappa shape index (κ3) is 49.4. The largest absolute Gasteiger partial charge is 0.462 e. The lowest BCUT2D eigenvalue weighted by molar-refractivity contribution is -0.167. The van der Waals surface area contributed by atoms with Crippen LogP contribution < -0.4 is 0 Å². The van der Waals surface area contributed by atoms with Crippen molar-refractivity contribution >= 4 is 17.9 Å². The first-order chi connectivity index (χ1) is 30.4. The number of hydrogen-bond donors (Lipinski definition) is 0. The van der Waals surface area contributed by atoms with Gasteiger partial charge in [0.15, 0.2) is 6.10 Å². The number of carbonyl (C=O) groups excluding carboxylic acids is 3. The van der Waals surface area contributed by atoms with Gasteiger partial charge in [0.1, 0.15) is 13.2 Å². The molecule has 0 amide bonds. The molecule has 0 spiro atoms. The molecule has 0 aliphatic rings. The molecule has 0 bridgehead atoms. The van der Waals surface area contributed by atoms with Gasteiger partial charge in [0.05, 0.1) is 0 Å². The zero-order valence-electron chi connectivity index (χ0n) is 42.3. The summed E-state index contributed by atoms with van der Waals surface area (Å²) in [6, 6.07) is 0. The van der Waals surface area contributed by atoms with E-state index in [0.717, 1.165) is 63.7 Å². The van der Waals surface area contributed by atoms with Crippen molar-refractivity contribution < 1.29 is 28.6 Å². The summed E-state index contributed by atoms with van der Waals surface area (Å²) >= 11 is 0. The highest BCUT2D eigenvalue weighted by atomic mass is 16.6. The van der Waals surface area contributed by atoms with Gasteiger partial charge in [0, 0.05) is 19.3 Å². The highest BCUT2D eigenvalue weighted by Gasteiger charge is 2.19. The van der Waals surface area contributed by atoms with Crippen LogP contribution in [0, 0.1) is 5.92 Å². The molecular formula is C56H108O6. The maximum atomic E-state index is 12.8. The van der Waals surface area contributed by atoms with Crippen LogP contribution in [-0.4, -0.2) is 37.2 Å². The Balaban J connectivity index is 4.21. The van der Waals surface area contributed by atoms with Gasteiger partial charge in [-0.15, -0.1) is 0 Å². The second-order valence-corrected chi connectivity index (χ2v) is 19.7. The Morgan fingerprint density at radius 1 is 0.306 bits per heavy atom. The molecule has 0 unspecified atom stereocenters. The molecule has 0 saturated heterocycles. The smallest absolute Gasteiger partial charge is 0.306 e. The molecule has 0 N–H and O–H groups in total. The lowest BCUT2D eigenvalue weighted by Crippen LogP contribution is -2.30. The first-order valence-corrected chi connectivity index (χ1v) is 27.9. The predicted octanol–water partition coefficient (Wildman–Crippen LogP) is 18.2. The number of carbonyl (C=O) groups is 3. The van der Waals surface area contributed by atoms with Crippen molar-refractivity contribution in [3.05, 3.63) is 0 Å². The van der Waals surface area contributed by atoms with E-state index in [1.54, 1.807) is 0 Å². The van der Waals surface area contributed by atoms with E-state index in [9.17, 15) is 14.4 Å². The number of rotatable bonds is 51. The third-order valence-electron chi connectivity index (χ3n) is 12.8. The second-order valence-electron chi connectivity index (χ2n) is 19.7. The van der Waals surface area contributed by atoms with Crippen LogP contribution >= 0.6 is 0 Å². The topological polar surface area (TPSA) is 78.9 Å². The van der Waals surface area contributed by atoms with E-state index >= 15 is 0 Å². The Hall–Kier alpha value is -1.59. The fourth-order valence-corrected chi connectivity index (χ4v) is 8.57. The minimum atomic E-state index is -0.762. The summed E-state index contributed by atoms with van der Waals surface area (Å²) in [4.78, 5) is 38.0. The van der Waals surface area contributed by atoms with Gasteiger partial charge in [-0.3, -0.25) is 14.4 Å². The lowest BCUT2D eigenvalue weighted by atomic mass is 10.0. The van der Waals surface area contributed by atoms with Gasteiger partial charge in [0.2, 0.25) is 0 Å². The lowest BCUT2D eigenvalue weighted by Gasteiger charge is -2.18. The fourth-order valence-electron chi connectivity index (χ4n) is 8.57. The molecule has 6 heteroatoms. The van der Waals surface area contributed by atoms with Gasteiger partial charge >= 0.3 is 17.9 Å². The molecule has 0 aliphatic carbocycles. The summed E-state index contributed by atoms with van der Waals surface area (Å²) in [5.41, 5.74) is 0. The van der Waals surface area contributed by atoms with Crippen molar-refractivity contribution in [2.45, 2.75) is 323 Å². The van der Waals surface area contributed by atoms with E-state index in [-0.39, 0.29) is 31.1 Å². The minimum Gasteiger partial charge on any atom is -0.462 e. The summed E-state index contributed by atoms with van der Waals surface area (Å²) in [6.07, 6.45) is 54.0. The van der Waals surface area contributed by atoms with Crippen molar-refractivity contribution in [2.24, 2.45) is 5.92 Å². The average Bonchev–Trinajstić information content (AvgIpc) is 3.26. The summed E-state index contributed by atoms with van der Waals surface area (Å²) < 4.78 is 16.8.